The quantitative estimate of drug-likeness (QED) is 0.550. The second kappa shape index (κ2) is 6.23. The number of nitrogens with one attached hydrogen (secondary N) is 1. The molecule has 4 heterocycles. The van der Waals surface area contributed by atoms with Crippen LogP contribution in [-0.4, -0.2) is 40.4 Å². The number of hydrogen-bond acceptors (Lipinski definition) is 7. The van der Waals surface area contributed by atoms with Gasteiger partial charge in [-0.05, 0) is 25.8 Å². The number of aryl methyl sites for hydroxylation is 2. The highest BCUT2D eigenvalue weighted by Crippen LogP contribution is 2.46. The van der Waals surface area contributed by atoms with E-state index >= 15 is 0 Å². The van der Waals surface area contributed by atoms with Gasteiger partial charge < -0.3 is 9.84 Å². The third kappa shape index (κ3) is 3.16. The molecule has 5 rings (SSSR count). The molecule has 4 aromatic rings. The minimum Gasteiger partial charge on any atom is -0.343 e. The summed E-state index contributed by atoms with van der Waals surface area (Å²) < 4.78 is 8.74. The summed E-state index contributed by atoms with van der Waals surface area (Å²) in [5, 5.41) is 15.3. The van der Waals surface area contributed by atoms with E-state index in [1.165, 1.54) is 0 Å². The number of carbonyl (C=O) groups excluding carboxylic acids is 1. The molecule has 0 spiro atoms. The number of carbonyl (C=O) groups is 1. The normalized spacial score (nSPS) is 15.0. The molecule has 10 nitrogen and oxygen atoms in total. The van der Waals surface area contributed by atoms with Gasteiger partial charge in [0.25, 0.3) is 11.7 Å². The molecule has 29 heavy (non-hydrogen) atoms. The van der Waals surface area contributed by atoms with Crippen molar-refractivity contribution in [3.8, 4) is 11.3 Å². The molecule has 1 fully saturated rings. The summed E-state index contributed by atoms with van der Waals surface area (Å²) in [6.45, 7) is 4.18. The summed E-state index contributed by atoms with van der Waals surface area (Å²) in [4.78, 5) is 21.5. The Morgan fingerprint density at radius 3 is 2.86 bits per heavy atom. The van der Waals surface area contributed by atoms with E-state index in [0.29, 0.717) is 11.6 Å². The minimum absolute atomic E-state index is 0.0391. The van der Waals surface area contributed by atoms with Gasteiger partial charge in [0, 0.05) is 24.2 Å². The molecule has 1 aliphatic carbocycles. The van der Waals surface area contributed by atoms with Gasteiger partial charge in [0.2, 0.25) is 5.89 Å². The molecule has 0 aliphatic heterocycles. The maximum Gasteiger partial charge on any atom is 0.293 e. The summed E-state index contributed by atoms with van der Waals surface area (Å²) in [5.74, 6) is 0.164. The highest BCUT2D eigenvalue weighted by molar-refractivity contribution is 5.90. The Hall–Kier alpha value is -3.56. The smallest absolute Gasteiger partial charge is 0.293 e. The predicted molar refractivity (Wildman–Crippen MR) is 102 cm³/mol. The van der Waals surface area contributed by atoms with E-state index in [1.807, 2.05) is 32.4 Å². The molecule has 0 saturated heterocycles. The van der Waals surface area contributed by atoms with Crippen molar-refractivity contribution < 1.29 is 9.32 Å². The van der Waals surface area contributed by atoms with Crippen molar-refractivity contribution in [1.29, 1.82) is 0 Å². The SMILES string of the molecule is Cc1cc2c(CNC(=O)c3noc(C4(C)CC4)n3)nc(-c3cnn(C)c3)cn2n1. The van der Waals surface area contributed by atoms with Crippen LogP contribution in [0.25, 0.3) is 16.8 Å². The van der Waals surface area contributed by atoms with Gasteiger partial charge in [-0.1, -0.05) is 12.1 Å². The zero-order chi connectivity index (χ0) is 20.2. The van der Waals surface area contributed by atoms with E-state index in [-0.39, 0.29) is 17.8 Å². The Kier molecular flexibility index (Phi) is 3.76. The van der Waals surface area contributed by atoms with Crippen molar-refractivity contribution in [1.82, 2.24) is 39.8 Å². The second-order valence-electron chi connectivity index (χ2n) is 7.76. The summed E-state index contributed by atoms with van der Waals surface area (Å²) in [7, 11) is 1.85. The van der Waals surface area contributed by atoms with Crippen LogP contribution in [0.4, 0.5) is 0 Å². The first kappa shape index (κ1) is 17.5. The molecule has 0 bridgehead atoms. The molecule has 4 aromatic heterocycles. The minimum atomic E-state index is -0.396. The van der Waals surface area contributed by atoms with Crippen LogP contribution < -0.4 is 5.32 Å². The monoisotopic (exact) mass is 392 g/mol. The van der Waals surface area contributed by atoms with Crippen molar-refractivity contribution in [2.45, 2.75) is 38.6 Å². The fraction of sp³-hybridized carbons (Fsp3) is 0.368. The summed E-state index contributed by atoms with van der Waals surface area (Å²) >= 11 is 0. The fourth-order valence-electron chi connectivity index (χ4n) is 3.21. The molecule has 1 aliphatic rings. The van der Waals surface area contributed by atoms with Crippen molar-refractivity contribution >= 4 is 11.4 Å². The molecule has 148 valence electrons. The molecule has 1 N–H and O–H groups in total. The predicted octanol–water partition coefficient (Wildman–Crippen LogP) is 1.80. The highest BCUT2D eigenvalue weighted by Gasteiger charge is 2.44. The number of amides is 1. The first-order chi connectivity index (χ1) is 13.9. The molecule has 0 aromatic carbocycles. The van der Waals surface area contributed by atoms with Gasteiger partial charge in [-0.3, -0.25) is 9.48 Å². The van der Waals surface area contributed by atoms with E-state index in [2.05, 4.69) is 32.6 Å². The van der Waals surface area contributed by atoms with Crippen LogP contribution in [0.2, 0.25) is 0 Å². The van der Waals surface area contributed by atoms with Crippen molar-refractivity contribution in [2.24, 2.45) is 7.05 Å². The summed E-state index contributed by atoms with van der Waals surface area (Å²) in [5.41, 5.74) is 3.90. The van der Waals surface area contributed by atoms with Gasteiger partial charge in [-0.15, -0.1) is 0 Å². The average Bonchev–Trinajstić information content (AvgIpc) is 3.11. The Bertz CT molecular complexity index is 1230. The zero-order valence-corrected chi connectivity index (χ0v) is 16.4. The molecule has 10 heteroatoms. The lowest BCUT2D eigenvalue weighted by atomic mass is 10.1. The van der Waals surface area contributed by atoms with Gasteiger partial charge in [0.1, 0.15) is 0 Å². The van der Waals surface area contributed by atoms with E-state index in [4.69, 9.17) is 9.51 Å². The summed E-state index contributed by atoms with van der Waals surface area (Å²) in [6, 6.07) is 1.93. The third-order valence-corrected chi connectivity index (χ3v) is 5.22. The fourth-order valence-corrected chi connectivity index (χ4v) is 3.21. The lowest BCUT2D eigenvalue weighted by Crippen LogP contribution is -2.25. The van der Waals surface area contributed by atoms with Crippen LogP contribution in [0.3, 0.4) is 0 Å². The van der Waals surface area contributed by atoms with Gasteiger partial charge in [0.15, 0.2) is 0 Å². The zero-order valence-electron chi connectivity index (χ0n) is 16.4. The number of rotatable bonds is 5. The van der Waals surface area contributed by atoms with Crippen molar-refractivity contribution in [2.75, 3.05) is 0 Å². The lowest BCUT2D eigenvalue weighted by molar-refractivity contribution is 0.0937. The number of hydrogen-bond donors (Lipinski definition) is 1. The van der Waals surface area contributed by atoms with Gasteiger partial charge in [0.05, 0.1) is 41.5 Å². The number of aromatic nitrogens is 7. The van der Waals surface area contributed by atoms with Crippen molar-refractivity contribution in [3.05, 3.63) is 47.8 Å². The molecule has 0 unspecified atom stereocenters. The topological polar surface area (TPSA) is 116 Å². The van der Waals surface area contributed by atoms with Gasteiger partial charge >= 0.3 is 0 Å². The van der Waals surface area contributed by atoms with Crippen LogP contribution in [-0.2, 0) is 19.0 Å². The Balaban J connectivity index is 1.42. The number of fused-ring (bicyclic) bond motifs is 1. The Morgan fingerprint density at radius 2 is 2.14 bits per heavy atom. The average molecular weight is 392 g/mol. The highest BCUT2D eigenvalue weighted by atomic mass is 16.5. The van der Waals surface area contributed by atoms with Crippen LogP contribution in [0.1, 0.15) is 47.7 Å². The van der Waals surface area contributed by atoms with Crippen LogP contribution in [0.5, 0.6) is 0 Å². The lowest BCUT2D eigenvalue weighted by Gasteiger charge is -2.07. The largest absolute Gasteiger partial charge is 0.343 e. The standard InChI is InChI=1S/C19H20N8O2/c1-11-6-15-13(22-14(10-27(15)24-11)12-7-21-26(3)9-12)8-20-17(28)16-23-18(29-25-16)19(2)4-5-19/h6-7,9-10H,4-5,8H2,1-3H3,(H,20,28). The van der Waals surface area contributed by atoms with E-state index in [0.717, 1.165) is 35.3 Å². The van der Waals surface area contributed by atoms with Gasteiger partial charge in [-0.25, -0.2) is 9.50 Å². The van der Waals surface area contributed by atoms with E-state index in [9.17, 15) is 4.79 Å². The van der Waals surface area contributed by atoms with E-state index in [1.54, 1.807) is 15.4 Å². The molecule has 1 amide bonds. The molecule has 0 atom stereocenters. The Morgan fingerprint density at radius 1 is 1.31 bits per heavy atom. The first-order valence-electron chi connectivity index (χ1n) is 9.39. The molecular weight excluding hydrogens is 372 g/mol. The maximum absolute atomic E-state index is 12.5. The second-order valence-corrected chi connectivity index (χ2v) is 7.76. The molecular formula is C19H20N8O2. The molecule has 0 radical (unpaired) electrons. The van der Waals surface area contributed by atoms with Crippen LogP contribution in [0, 0.1) is 6.92 Å². The third-order valence-electron chi connectivity index (χ3n) is 5.22. The maximum atomic E-state index is 12.5. The van der Waals surface area contributed by atoms with Crippen molar-refractivity contribution in [3.63, 3.8) is 0 Å². The number of nitrogens with zero attached hydrogens (tertiary/aromatic N) is 7. The van der Waals surface area contributed by atoms with Gasteiger partial charge in [-0.2, -0.15) is 15.2 Å². The van der Waals surface area contributed by atoms with Crippen LogP contribution >= 0.6 is 0 Å². The van der Waals surface area contributed by atoms with E-state index < -0.39 is 5.91 Å². The summed E-state index contributed by atoms with van der Waals surface area (Å²) in [6.07, 6.45) is 7.48. The van der Waals surface area contributed by atoms with Crippen LogP contribution in [0.15, 0.2) is 29.2 Å². The molecule has 1 saturated carbocycles. The first-order valence-corrected chi connectivity index (χ1v) is 9.39. The Labute approximate surface area is 165 Å².